The second-order valence-electron chi connectivity index (χ2n) is 5.27. The van der Waals surface area contributed by atoms with E-state index in [2.05, 4.69) is 12.2 Å². The van der Waals surface area contributed by atoms with Crippen molar-refractivity contribution >= 4 is 11.9 Å². The van der Waals surface area contributed by atoms with Gasteiger partial charge in [-0.25, -0.2) is 4.79 Å². The quantitative estimate of drug-likeness (QED) is 0.499. The highest BCUT2D eigenvalue weighted by atomic mass is 16.5. The molecular formula is C15H23NO3. The fraction of sp³-hybridized carbons (Fsp3) is 0.733. The van der Waals surface area contributed by atoms with E-state index in [-0.39, 0.29) is 17.9 Å². The molecule has 4 heteroatoms. The third-order valence-corrected chi connectivity index (χ3v) is 3.78. The Bertz CT molecular complexity index is 319. The molecule has 0 unspecified atom stereocenters. The lowest BCUT2D eigenvalue weighted by molar-refractivity contribution is -0.153. The summed E-state index contributed by atoms with van der Waals surface area (Å²) in [6.45, 7) is 1.17. The van der Waals surface area contributed by atoms with Crippen LogP contribution < -0.4 is 0 Å². The van der Waals surface area contributed by atoms with Gasteiger partial charge in [0.15, 0.2) is 0 Å². The van der Waals surface area contributed by atoms with Gasteiger partial charge in [-0.2, -0.15) is 0 Å². The molecule has 19 heavy (non-hydrogen) atoms. The number of carbonyl (C=O) groups excluding carboxylic acids is 2. The van der Waals surface area contributed by atoms with Crippen LogP contribution in [0.15, 0.2) is 12.2 Å². The zero-order chi connectivity index (χ0) is 13.5. The van der Waals surface area contributed by atoms with Crippen LogP contribution in [0.3, 0.4) is 0 Å². The van der Waals surface area contributed by atoms with E-state index in [4.69, 9.17) is 4.74 Å². The van der Waals surface area contributed by atoms with Crippen molar-refractivity contribution in [2.45, 2.75) is 57.4 Å². The molecule has 2 heterocycles. The highest BCUT2D eigenvalue weighted by Crippen LogP contribution is 2.20. The van der Waals surface area contributed by atoms with Gasteiger partial charge >= 0.3 is 5.97 Å². The number of nitrogens with zero attached hydrogens (tertiary/aromatic N) is 1. The van der Waals surface area contributed by atoms with Gasteiger partial charge in [-0.1, -0.05) is 12.2 Å². The topological polar surface area (TPSA) is 46.6 Å². The molecule has 2 aliphatic rings. The smallest absolute Gasteiger partial charge is 0.328 e. The molecule has 0 bridgehead atoms. The standard InChI is InChI=1S/C15H23NO3/c17-14-10-6-4-2-1-3-5-7-12-19-15(18)13-9-8-11-16(13)14/h1,3,13H,2,4-12H2/b3-1-/t13-/m0/s1. The van der Waals surface area contributed by atoms with E-state index in [1.807, 2.05) is 0 Å². The highest BCUT2D eigenvalue weighted by molar-refractivity contribution is 5.85. The fourth-order valence-corrected chi connectivity index (χ4v) is 2.70. The number of hydrogen-bond donors (Lipinski definition) is 0. The van der Waals surface area contributed by atoms with Crippen molar-refractivity contribution in [2.75, 3.05) is 13.2 Å². The van der Waals surface area contributed by atoms with Crippen LogP contribution in [0.2, 0.25) is 0 Å². The Balaban J connectivity index is 1.97. The molecule has 0 N–H and O–H groups in total. The molecule has 0 spiro atoms. The molecule has 0 saturated carbocycles. The first-order chi connectivity index (χ1) is 9.29. The SMILES string of the molecule is O=C1OCCC/C=C\CCCCC(=O)N2CCC[C@@H]12. The van der Waals surface area contributed by atoms with Crippen LogP contribution in [0.25, 0.3) is 0 Å². The summed E-state index contributed by atoms with van der Waals surface area (Å²) >= 11 is 0. The minimum absolute atomic E-state index is 0.112. The molecule has 1 atom stereocenters. The van der Waals surface area contributed by atoms with Gasteiger partial charge in [0.2, 0.25) is 5.91 Å². The molecule has 0 aliphatic carbocycles. The van der Waals surface area contributed by atoms with Crippen LogP contribution in [0.1, 0.15) is 51.4 Å². The van der Waals surface area contributed by atoms with Crippen LogP contribution in [-0.4, -0.2) is 36.0 Å². The summed E-state index contributed by atoms with van der Waals surface area (Å²) in [5.41, 5.74) is 0. The molecule has 0 radical (unpaired) electrons. The normalized spacial score (nSPS) is 28.4. The number of rotatable bonds is 0. The lowest BCUT2D eigenvalue weighted by atomic mass is 10.1. The first kappa shape index (κ1) is 14.1. The number of cyclic esters (lactones) is 1. The van der Waals surface area contributed by atoms with E-state index in [1.54, 1.807) is 4.90 Å². The molecule has 1 amide bonds. The average Bonchev–Trinajstić information content (AvgIpc) is 2.89. The van der Waals surface area contributed by atoms with Crippen LogP contribution in [0, 0.1) is 0 Å². The van der Waals surface area contributed by atoms with Gasteiger partial charge < -0.3 is 9.64 Å². The molecule has 1 fully saturated rings. The molecule has 4 nitrogen and oxygen atoms in total. The predicted molar refractivity (Wildman–Crippen MR) is 72.5 cm³/mol. The minimum atomic E-state index is -0.328. The number of allylic oxidation sites excluding steroid dienone is 2. The zero-order valence-electron chi connectivity index (χ0n) is 11.5. The molecule has 106 valence electrons. The maximum absolute atomic E-state index is 12.1. The summed E-state index contributed by atoms with van der Waals surface area (Å²) in [5.74, 6) is -0.104. The Hall–Kier alpha value is -1.32. The maximum Gasteiger partial charge on any atom is 0.328 e. The van der Waals surface area contributed by atoms with Gasteiger partial charge in [0.1, 0.15) is 6.04 Å². The first-order valence-electron chi connectivity index (χ1n) is 7.40. The summed E-state index contributed by atoms with van der Waals surface area (Å²) in [5, 5.41) is 0. The second kappa shape index (κ2) is 7.31. The Morgan fingerprint density at radius 1 is 1.05 bits per heavy atom. The molecule has 0 aromatic heterocycles. The van der Waals surface area contributed by atoms with Crippen LogP contribution in [0.4, 0.5) is 0 Å². The van der Waals surface area contributed by atoms with Crippen molar-refractivity contribution < 1.29 is 14.3 Å². The zero-order valence-corrected chi connectivity index (χ0v) is 11.5. The number of carbonyl (C=O) groups is 2. The monoisotopic (exact) mass is 265 g/mol. The van der Waals surface area contributed by atoms with Gasteiger partial charge in [-0.05, 0) is 44.9 Å². The van der Waals surface area contributed by atoms with Crippen molar-refractivity contribution in [3.63, 3.8) is 0 Å². The largest absolute Gasteiger partial charge is 0.464 e. The Kier molecular flexibility index (Phi) is 5.43. The molecule has 2 aliphatic heterocycles. The minimum Gasteiger partial charge on any atom is -0.464 e. The van der Waals surface area contributed by atoms with E-state index >= 15 is 0 Å². The highest BCUT2D eigenvalue weighted by Gasteiger charge is 2.34. The third-order valence-electron chi connectivity index (χ3n) is 3.78. The third kappa shape index (κ3) is 4.08. The average molecular weight is 265 g/mol. The van der Waals surface area contributed by atoms with E-state index in [0.29, 0.717) is 19.6 Å². The fourth-order valence-electron chi connectivity index (χ4n) is 2.70. The van der Waals surface area contributed by atoms with Gasteiger partial charge in [0, 0.05) is 13.0 Å². The summed E-state index contributed by atoms with van der Waals surface area (Å²) in [6, 6.07) is -0.328. The summed E-state index contributed by atoms with van der Waals surface area (Å²) < 4.78 is 5.28. The van der Waals surface area contributed by atoms with Crippen LogP contribution in [-0.2, 0) is 14.3 Å². The number of esters is 1. The van der Waals surface area contributed by atoms with Crippen molar-refractivity contribution in [1.82, 2.24) is 4.90 Å². The Morgan fingerprint density at radius 3 is 2.68 bits per heavy atom. The van der Waals surface area contributed by atoms with E-state index in [0.717, 1.165) is 44.9 Å². The first-order valence-corrected chi connectivity index (χ1v) is 7.40. The van der Waals surface area contributed by atoms with E-state index < -0.39 is 0 Å². The second-order valence-corrected chi connectivity index (χ2v) is 5.27. The van der Waals surface area contributed by atoms with Crippen molar-refractivity contribution in [2.24, 2.45) is 0 Å². The van der Waals surface area contributed by atoms with Crippen LogP contribution >= 0.6 is 0 Å². The molecule has 1 saturated heterocycles. The Labute approximate surface area is 114 Å². The lowest BCUT2D eigenvalue weighted by Gasteiger charge is -2.23. The van der Waals surface area contributed by atoms with Crippen LogP contribution in [0.5, 0.6) is 0 Å². The van der Waals surface area contributed by atoms with Gasteiger partial charge in [0.25, 0.3) is 0 Å². The summed E-state index contributed by atoms with van der Waals surface area (Å²) in [6.07, 6.45) is 11.3. The molecule has 0 aromatic rings. The summed E-state index contributed by atoms with van der Waals surface area (Å²) in [4.78, 5) is 25.8. The Morgan fingerprint density at radius 2 is 1.84 bits per heavy atom. The van der Waals surface area contributed by atoms with Gasteiger partial charge in [0.05, 0.1) is 6.61 Å². The number of hydrogen-bond acceptors (Lipinski definition) is 3. The predicted octanol–water partition coefficient (Wildman–Crippen LogP) is 2.43. The van der Waals surface area contributed by atoms with Crippen molar-refractivity contribution in [1.29, 1.82) is 0 Å². The van der Waals surface area contributed by atoms with Gasteiger partial charge in [-0.3, -0.25) is 4.79 Å². The van der Waals surface area contributed by atoms with Crippen molar-refractivity contribution in [3.8, 4) is 0 Å². The molecule has 2 rings (SSSR count). The maximum atomic E-state index is 12.1. The lowest BCUT2D eigenvalue weighted by Crippen LogP contribution is -2.41. The summed E-state index contributed by atoms with van der Waals surface area (Å²) in [7, 11) is 0. The molecular weight excluding hydrogens is 242 g/mol. The van der Waals surface area contributed by atoms with Gasteiger partial charge in [-0.15, -0.1) is 0 Å². The number of ether oxygens (including phenoxy) is 1. The molecule has 0 aromatic carbocycles. The van der Waals surface area contributed by atoms with E-state index in [9.17, 15) is 9.59 Å². The van der Waals surface area contributed by atoms with Crippen molar-refractivity contribution in [3.05, 3.63) is 12.2 Å². The number of amides is 1. The van der Waals surface area contributed by atoms with E-state index in [1.165, 1.54) is 0 Å². The number of fused-ring (bicyclic) bond motifs is 1.